The van der Waals surface area contributed by atoms with Gasteiger partial charge in [-0.05, 0) is 23.8 Å². The van der Waals surface area contributed by atoms with Crippen molar-refractivity contribution in [1.29, 1.82) is 0 Å². The maximum absolute atomic E-state index is 12.6. The molecule has 4 rings (SSSR count). The smallest absolute Gasteiger partial charge is 0.386 e. The molecular formula is C16H10F3N3OS. The van der Waals surface area contributed by atoms with Crippen LogP contribution in [0.15, 0.2) is 48.0 Å². The number of nitrogens with zero attached hydrogens (tertiary/aromatic N) is 3. The molecule has 3 aromatic rings. The zero-order chi connectivity index (χ0) is 16.7. The number of fused-ring (bicyclic) bond motifs is 1. The fraction of sp³-hybridized carbons (Fsp3) is 0.188. The molecule has 0 N–H and O–H groups in total. The highest BCUT2D eigenvalue weighted by Gasteiger charge is 2.31. The average molecular weight is 349 g/mol. The molecule has 0 fully saturated rings. The summed E-state index contributed by atoms with van der Waals surface area (Å²) in [6.07, 6.45) is -0.864. The van der Waals surface area contributed by atoms with E-state index >= 15 is 0 Å². The lowest BCUT2D eigenvalue weighted by Crippen LogP contribution is -2.06. The molecule has 1 atom stereocenters. The van der Waals surface area contributed by atoms with Gasteiger partial charge in [0.05, 0.1) is 16.2 Å². The summed E-state index contributed by atoms with van der Waals surface area (Å²) < 4.78 is 37.9. The number of oxime groups is 1. The monoisotopic (exact) mass is 349 g/mol. The van der Waals surface area contributed by atoms with E-state index in [1.807, 2.05) is 6.07 Å². The van der Waals surface area contributed by atoms with Gasteiger partial charge >= 0.3 is 6.18 Å². The normalized spacial score (nSPS) is 17.8. The number of hydrogen-bond donors (Lipinski definition) is 0. The molecule has 8 heteroatoms. The summed E-state index contributed by atoms with van der Waals surface area (Å²) in [7, 11) is 0. The minimum atomic E-state index is -4.34. The quantitative estimate of drug-likeness (QED) is 0.681. The minimum Gasteiger partial charge on any atom is -0.386 e. The first-order valence-electron chi connectivity index (χ1n) is 7.10. The highest BCUT2D eigenvalue weighted by molar-refractivity contribution is 7.18. The van der Waals surface area contributed by atoms with Gasteiger partial charge in [-0.15, -0.1) is 11.3 Å². The predicted molar refractivity (Wildman–Crippen MR) is 83.8 cm³/mol. The topological polar surface area (TPSA) is 47.4 Å². The lowest BCUT2D eigenvalue weighted by Gasteiger charge is -2.07. The fourth-order valence-corrected chi connectivity index (χ4v) is 3.51. The van der Waals surface area contributed by atoms with Crippen LogP contribution in [0.1, 0.15) is 28.5 Å². The molecule has 1 aliphatic rings. The Labute approximate surface area is 138 Å². The van der Waals surface area contributed by atoms with Crippen LogP contribution >= 0.6 is 11.3 Å². The molecule has 1 aromatic carbocycles. The highest BCUT2D eigenvalue weighted by Crippen LogP contribution is 2.36. The predicted octanol–water partition coefficient (Wildman–Crippen LogP) is 4.58. The van der Waals surface area contributed by atoms with Crippen molar-refractivity contribution in [2.75, 3.05) is 0 Å². The van der Waals surface area contributed by atoms with E-state index in [4.69, 9.17) is 4.84 Å². The number of rotatable bonds is 2. The first-order chi connectivity index (χ1) is 11.5. The molecule has 1 aliphatic heterocycles. The van der Waals surface area contributed by atoms with Crippen LogP contribution in [0.25, 0.3) is 10.2 Å². The lowest BCUT2D eigenvalue weighted by atomic mass is 10.0. The van der Waals surface area contributed by atoms with E-state index in [2.05, 4.69) is 15.1 Å². The maximum Gasteiger partial charge on any atom is 0.416 e. The number of hydrogen-bond acceptors (Lipinski definition) is 5. The summed E-state index contributed by atoms with van der Waals surface area (Å²) in [6.45, 7) is 0. The van der Waals surface area contributed by atoms with Gasteiger partial charge < -0.3 is 4.84 Å². The molecule has 122 valence electrons. The second-order valence-electron chi connectivity index (χ2n) is 5.34. The zero-order valence-electron chi connectivity index (χ0n) is 12.1. The molecule has 0 amide bonds. The number of thiophene rings is 1. The average Bonchev–Trinajstić information content (AvgIpc) is 3.21. The molecule has 24 heavy (non-hydrogen) atoms. The standard InChI is InChI=1S/C16H10F3N3OS/c17-16(18,19)11-3-1-9(2-4-11)12-6-13(23-22-12)14-5-10-7-20-8-21-15(10)24-14/h1-5,7-8,13H,6H2. The second kappa shape index (κ2) is 5.55. The molecule has 3 heterocycles. The van der Waals surface area contributed by atoms with Crippen molar-refractivity contribution in [3.8, 4) is 0 Å². The Balaban J connectivity index is 1.53. The van der Waals surface area contributed by atoms with Gasteiger partial charge in [0.25, 0.3) is 0 Å². The van der Waals surface area contributed by atoms with Gasteiger partial charge in [0.15, 0.2) is 6.10 Å². The number of halogens is 3. The van der Waals surface area contributed by atoms with Gasteiger partial charge in [-0.2, -0.15) is 13.2 Å². The largest absolute Gasteiger partial charge is 0.416 e. The molecule has 0 saturated heterocycles. The zero-order valence-corrected chi connectivity index (χ0v) is 12.9. The minimum absolute atomic E-state index is 0.249. The Hall–Kier alpha value is -2.48. The molecule has 0 saturated carbocycles. The molecule has 0 aliphatic carbocycles. The third-order valence-corrected chi connectivity index (χ3v) is 4.90. The van der Waals surface area contributed by atoms with E-state index in [9.17, 15) is 13.2 Å². The van der Waals surface area contributed by atoms with Gasteiger partial charge in [-0.1, -0.05) is 17.3 Å². The molecule has 1 unspecified atom stereocenters. The van der Waals surface area contributed by atoms with Gasteiger partial charge in [0, 0.05) is 18.0 Å². The second-order valence-corrected chi connectivity index (χ2v) is 6.41. The van der Waals surface area contributed by atoms with Crippen molar-refractivity contribution in [2.24, 2.45) is 5.16 Å². The Bertz CT molecular complexity index is 885. The number of aromatic nitrogens is 2. The summed E-state index contributed by atoms with van der Waals surface area (Å²) in [5, 5.41) is 4.97. The first-order valence-corrected chi connectivity index (χ1v) is 7.92. The van der Waals surface area contributed by atoms with E-state index < -0.39 is 11.7 Å². The Morgan fingerprint density at radius 3 is 2.67 bits per heavy atom. The van der Waals surface area contributed by atoms with Gasteiger partial charge in [-0.25, -0.2) is 9.97 Å². The summed E-state index contributed by atoms with van der Waals surface area (Å²) >= 11 is 1.50. The van der Waals surface area contributed by atoms with Gasteiger partial charge in [-0.3, -0.25) is 0 Å². The van der Waals surface area contributed by atoms with E-state index in [0.29, 0.717) is 17.7 Å². The summed E-state index contributed by atoms with van der Waals surface area (Å²) in [5.41, 5.74) is 0.592. The van der Waals surface area contributed by atoms with Crippen molar-refractivity contribution < 1.29 is 18.0 Å². The summed E-state index contributed by atoms with van der Waals surface area (Å²) in [6, 6.07) is 6.91. The fourth-order valence-electron chi connectivity index (χ4n) is 2.52. The van der Waals surface area contributed by atoms with Crippen molar-refractivity contribution in [3.63, 3.8) is 0 Å². The Morgan fingerprint density at radius 1 is 1.17 bits per heavy atom. The van der Waals surface area contributed by atoms with Crippen molar-refractivity contribution in [1.82, 2.24) is 9.97 Å². The van der Waals surface area contributed by atoms with Crippen molar-refractivity contribution >= 4 is 27.3 Å². The molecule has 0 bridgehead atoms. The van der Waals surface area contributed by atoms with Crippen LogP contribution in [0.3, 0.4) is 0 Å². The number of alkyl halides is 3. The molecule has 0 spiro atoms. The lowest BCUT2D eigenvalue weighted by molar-refractivity contribution is -0.137. The van der Waals surface area contributed by atoms with Crippen LogP contribution in [0.2, 0.25) is 0 Å². The highest BCUT2D eigenvalue weighted by atomic mass is 32.1. The van der Waals surface area contributed by atoms with Gasteiger partial charge in [0.1, 0.15) is 11.2 Å². The molecule has 2 aromatic heterocycles. The van der Waals surface area contributed by atoms with E-state index in [-0.39, 0.29) is 6.10 Å². The molecular weight excluding hydrogens is 339 g/mol. The van der Waals surface area contributed by atoms with E-state index in [1.165, 1.54) is 29.8 Å². The van der Waals surface area contributed by atoms with Crippen LogP contribution in [0, 0.1) is 0 Å². The van der Waals surface area contributed by atoms with Crippen LogP contribution in [-0.4, -0.2) is 15.7 Å². The molecule has 0 radical (unpaired) electrons. The summed E-state index contributed by atoms with van der Waals surface area (Å²) in [4.78, 5) is 15.5. The van der Waals surface area contributed by atoms with E-state index in [0.717, 1.165) is 27.2 Å². The Morgan fingerprint density at radius 2 is 1.96 bits per heavy atom. The molecule has 4 nitrogen and oxygen atoms in total. The van der Waals surface area contributed by atoms with Crippen molar-refractivity contribution in [2.45, 2.75) is 18.7 Å². The SMILES string of the molecule is FC(F)(F)c1ccc(C2=NOC(c3cc4cncnc4s3)C2)cc1. The Kier molecular flexibility index (Phi) is 3.49. The van der Waals surface area contributed by atoms with Crippen LogP contribution in [0.4, 0.5) is 13.2 Å². The van der Waals surface area contributed by atoms with Crippen LogP contribution in [0.5, 0.6) is 0 Å². The van der Waals surface area contributed by atoms with Gasteiger partial charge in [0.2, 0.25) is 0 Å². The number of benzene rings is 1. The van der Waals surface area contributed by atoms with E-state index in [1.54, 1.807) is 6.20 Å². The third kappa shape index (κ3) is 2.73. The first kappa shape index (κ1) is 15.1. The van der Waals surface area contributed by atoms with Crippen LogP contribution in [-0.2, 0) is 11.0 Å². The third-order valence-electron chi connectivity index (χ3n) is 3.75. The van der Waals surface area contributed by atoms with Crippen molar-refractivity contribution in [3.05, 3.63) is 58.9 Å². The maximum atomic E-state index is 12.6. The van der Waals surface area contributed by atoms with Crippen LogP contribution < -0.4 is 0 Å². The summed E-state index contributed by atoms with van der Waals surface area (Å²) in [5.74, 6) is 0.